The van der Waals surface area contributed by atoms with Crippen LogP contribution in [0.3, 0.4) is 0 Å². The van der Waals surface area contributed by atoms with Crippen LogP contribution in [0.5, 0.6) is 5.75 Å². The van der Waals surface area contributed by atoms with Gasteiger partial charge >= 0.3 is 0 Å². The molecule has 2 aliphatic rings. The lowest BCUT2D eigenvalue weighted by atomic mass is 9.90. The zero-order valence-corrected chi connectivity index (χ0v) is 14.5. The Hall–Kier alpha value is -1.07. The second-order valence-electron chi connectivity index (χ2n) is 7.08. The van der Waals surface area contributed by atoms with Gasteiger partial charge in [-0.3, -0.25) is 0 Å². The molecule has 4 nitrogen and oxygen atoms in total. The molecule has 1 unspecified atom stereocenters. The van der Waals surface area contributed by atoms with Gasteiger partial charge in [0.15, 0.2) is 9.84 Å². The molecule has 0 spiro atoms. The summed E-state index contributed by atoms with van der Waals surface area (Å²) in [5.74, 6) is 1.45. The number of benzene rings is 1. The molecule has 1 aromatic carbocycles. The largest absolute Gasteiger partial charge is 0.508 e. The van der Waals surface area contributed by atoms with E-state index < -0.39 is 9.84 Å². The predicted octanol–water partition coefficient (Wildman–Crippen LogP) is 2.61. The van der Waals surface area contributed by atoms with Gasteiger partial charge in [0.05, 0.1) is 11.0 Å². The number of hydrogen-bond acceptors (Lipinski definition) is 4. The van der Waals surface area contributed by atoms with Crippen molar-refractivity contribution in [3.05, 3.63) is 29.8 Å². The molecule has 3 rings (SSSR count). The number of nitrogens with zero attached hydrogens (tertiary/aromatic N) is 1. The summed E-state index contributed by atoms with van der Waals surface area (Å²) in [6.45, 7) is 2.81. The van der Waals surface area contributed by atoms with Crippen molar-refractivity contribution in [2.75, 3.05) is 25.4 Å². The van der Waals surface area contributed by atoms with Crippen LogP contribution in [-0.4, -0.2) is 49.1 Å². The van der Waals surface area contributed by atoms with E-state index in [4.69, 9.17) is 0 Å². The summed E-state index contributed by atoms with van der Waals surface area (Å²) in [6.07, 6.45) is 6.28. The Morgan fingerprint density at radius 3 is 2.39 bits per heavy atom. The first-order chi connectivity index (χ1) is 11.0. The highest BCUT2D eigenvalue weighted by molar-refractivity contribution is 7.92. The van der Waals surface area contributed by atoms with Crippen LogP contribution in [0.15, 0.2) is 24.3 Å². The lowest BCUT2D eigenvalue weighted by Gasteiger charge is -2.33. The number of sulfone groups is 1. The topological polar surface area (TPSA) is 57.6 Å². The molecule has 2 heterocycles. The number of aryl methyl sites for hydroxylation is 1. The highest BCUT2D eigenvalue weighted by atomic mass is 32.2. The molecule has 0 bridgehead atoms. The Morgan fingerprint density at radius 1 is 1.09 bits per heavy atom. The fourth-order valence-corrected chi connectivity index (χ4v) is 5.71. The van der Waals surface area contributed by atoms with Crippen LogP contribution in [0.2, 0.25) is 0 Å². The van der Waals surface area contributed by atoms with Gasteiger partial charge in [0, 0.05) is 6.54 Å². The van der Waals surface area contributed by atoms with E-state index in [-0.39, 0.29) is 5.25 Å². The Morgan fingerprint density at radius 2 is 1.78 bits per heavy atom. The van der Waals surface area contributed by atoms with Crippen molar-refractivity contribution in [1.82, 2.24) is 4.90 Å². The van der Waals surface area contributed by atoms with Gasteiger partial charge in [-0.05, 0) is 75.2 Å². The Labute approximate surface area is 139 Å². The molecule has 0 radical (unpaired) electrons. The summed E-state index contributed by atoms with van der Waals surface area (Å²) in [5.41, 5.74) is 1.28. The summed E-state index contributed by atoms with van der Waals surface area (Å²) in [6, 6.07) is 7.49. The number of rotatable bonds is 5. The van der Waals surface area contributed by atoms with Crippen molar-refractivity contribution in [2.24, 2.45) is 5.92 Å². The molecule has 0 amide bonds. The Bertz CT molecular complexity index is 604. The quantitative estimate of drug-likeness (QED) is 0.897. The van der Waals surface area contributed by atoms with Gasteiger partial charge in [-0.15, -0.1) is 0 Å². The molecule has 2 aliphatic heterocycles. The minimum Gasteiger partial charge on any atom is -0.508 e. The summed E-state index contributed by atoms with van der Waals surface area (Å²) < 4.78 is 23.9. The zero-order valence-electron chi connectivity index (χ0n) is 13.7. The minimum absolute atomic E-state index is 0.115. The van der Waals surface area contributed by atoms with Crippen LogP contribution in [0.4, 0.5) is 0 Å². The molecule has 1 N–H and O–H groups in total. The molecule has 2 fully saturated rings. The summed E-state index contributed by atoms with van der Waals surface area (Å²) in [4.78, 5) is 2.35. The number of hydrogen-bond donors (Lipinski definition) is 1. The van der Waals surface area contributed by atoms with E-state index >= 15 is 0 Å². The summed E-state index contributed by atoms with van der Waals surface area (Å²) >= 11 is 0. The molecular formula is C18H27NO3S. The molecule has 0 aromatic heterocycles. The van der Waals surface area contributed by atoms with Crippen LogP contribution in [-0.2, 0) is 16.3 Å². The summed E-state index contributed by atoms with van der Waals surface area (Å²) in [7, 11) is -2.81. The lowest BCUT2D eigenvalue weighted by molar-refractivity contribution is 0.178. The highest BCUT2D eigenvalue weighted by Gasteiger charge is 2.33. The van der Waals surface area contributed by atoms with E-state index in [1.807, 2.05) is 12.1 Å². The van der Waals surface area contributed by atoms with Gasteiger partial charge < -0.3 is 10.0 Å². The first-order valence-electron chi connectivity index (χ1n) is 8.75. The molecule has 0 aliphatic carbocycles. The van der Waals surface area contributed by atoms with Gasteiger partial charge in [-0.2, -0.15) is 0 Å². The van der Waals surface area contributed by atoms with E-state index in [0.717, 1.165) is 44.8 Å². The van der Waals surface area contributed by atoms with E-state index in [2.05, 4.69) is 4.90 Å². The Kier molecular flexibility index (Phi) is 5.27. The van der Waals surface area contributed by atoms with E-state index in [1.54, 1.807) is 12.1 Å². The minimum atomic E-state index is -2.81. The van der Waals surface area contributed by atoms with Crippen LogP contribution in [0.25, 0.3) is 0 Å². The molecule has 2 saturated heterocycles. The average Bonchev–Trinajstić information content (AvgIpc) is 2.87. The van der Waals surface area contributed by atoms with Crippen molar-refractivity contribution in [3.8, 4) is 5.75 Å². The fraction of sp³-hybridized carbons (Fsp3) is 0.667. The van der Waals surface area contributed by atoms with Gasteiger partial charge in [0.25, 0.3) is 0 Å². The number of phenols is 1. The predicted molar refractivity (Wildman–Crippen MR) is 92.4 cm³/mol. The van der Waals surface area contributed by atoms with Gasteiger partial charge in [-0.25, -0.2) is 8.42 Å². The number of piperidine rings is 1. The fourth-order valence-electron chi connectivity index (χ4n) is 3.84. The van der Waals surface area contributed by atoms with E-state index in [0.29, 0.717) is 11.5 Å². The van der Waals surface area contributed by atoms with E-state index in [9.17, 15) is 13.5 Å². The molecule has 128 valence electrons. The molecule has 1 aromatic rings. The van der Waals surface area contributed by atoms with Crippen LogP contribution in [0.1, 0.15) is 37.7 Å². The van der Waals surface area contributed by atoms with Crippen molar-refractivity contribution in [2.45, 2.75) is 43.8 Å². The van der Waals surface area contributed by atoms with Crippen LogP contribution in [0, 0.1) is 5.92 Å². The zero-order chi connectivity index (χ0) is 16.3. The number of likely N-dealkylation sites (tertiary alicyclic amines) is 1. The van der Waals surface area contributed by atoms with Crippen LogP contribution < -0.4 is 0 Å². The maximum absolute atomic E-state index is 11.9. The Balaban J connectivity index is 1.41. The third-order valence-electron chi connectivity index (χ3n) is 5.41. The van der Waals surface area contributed by atoms with Gasteiger partial charge in [-0.1, -0.05) is 12.1 Å². The smallest absolute Gasteiger partial charge is 0.154 e. The normalized spacial score (nSPS) is 25.7. The van der Waals surface area contributed by atoms with Crippen molar-refractivity contribution < 1.29 is 13.5 Å². The third kappa shape index (κ3) is 4.48. The molecule has 1 atom stereocenters. The van der Waals surface area contributed by atoms with Gasteiger partial charge in [0.2, 0.25) is 0 Å². The average molecular weight is 337 g/mol. The second-order valence-corrected chi connectivity index (χ2v) is 9.48. The van der Waals surface area contributed by atoms with Crippen molar-refractivity contribution in [3.63, 3.8) is 0 Å². The standard InChI is InChI=1S/C18H27NO3S/c20-17-7-5-15(6-8-17)3-4-16-9-11-19(12-10-16)14-18-2-1-13-23(18,21)22/h5-8,16,18,20H,1-4,9-14H2. The van der Waals surface area contributed by atoms with Gasteiger partial charge in [0.1, 0.15) is 5.75 Å². The molecular weight excluding hydrogens is 310 g/mol. The molecule has 5 heteroatoms. The first kappa shape index (κ1) is 16.8. The monoisotopic (exact) mass is 337 g/mol. The molecule has 0 saturated carbocycles. The third-order valence-corrected chi connectivity index (χ3v) is 7.67. The van der Waals surface area contributed by atoms with Crippen molar-refractivity contribution in [1.29, 1.82) is 0 Å². The van der Waals surface area contributed by atoms with E-state index in [1.165, 1.54) is 24.8 Å². The summed E-state index contributed by atoms with van der Waals surface area (Å²) in [5, 5.41) is 9.19. The second kappa shape index (κ2) is 7.22. The number of aromatic hydroxyl groups is 1. The van der Waals surface area contributed by atoms with Crippen LogP contribution >= 0.6 is 0 Å². The van der Waals surface area contributed by atoms with Crippen molar-refractivity contribution >= 4 is 9.84 Å². The SMILES string of the molecule is O=S1(=O)CCCC1CN1CCC(CCc2ccc(O)cc2)CC1. The number of phenolic OH excluding ortho intramolecular Hbond substituents is 1. The maximum Gasteiger partial charge on any atom is 0.154 e. The maximum atomic E-state index is 11.9. The highest BCUT2D eigenvalue weighted by Crippen LogP contribution is 2.26. The first-order valence-corrected chi connectivity index (χ1v) is 10.5. The molecule has 23 heavy (non-hydrogen) atoms. The lowest BCUT2D eigenvalue weighted by Crippen LogP contribution is -2.40.